The molecule has 44 heavy (non-hydrogen) atoms. The molecule has 238 valence electrons. The second kappa shape index (κ2) is 14.7. The van der Waals surface area contributed by atoms with Crippen LogP contribution in [0.5, 0.6) is 11.5 Å². The molecule has 2 saturated heterocycles. The van der Waals surface area contributed by atoms with Crippen molar-refractivity contribution < 1.29 is 14.3 Å². The van der Waals surface area contributed by atoms with Crippen LogP contribution in [-0.2, 0) is 4.79 Å². The van der Waals surface area contributed by atoms with E-state index in [2.05, 4.69) is 44.1 Å². The van der Waals surface area contributed by atoms with Gasteiger partial charge in [-0.25, -0.2) is 0 Å². The highest BCUT2D eigenvalue weighted by Gasteiger charge is 2.37. The predicted molar refractivity (Wildman–Crippen MR) is 176 cm³/mol. The van der Waals surface area contributed by atoms with E-state index in [1.54, 1.807) is 0 Å². The maximum absolute atomic E-state index is 12.8. The van der Waals surface area contributed by atoms with Crippen molar-refractivity contribution >= 4 is 34.6 Å². The molecule has 2 aromatic carbocycles. The van der Waals surface area contributed by atoms with Gasteiger partial charge in [0.2, 0.25) is 5.91 Å². The van der Waals surface area contributed by atoms with Crippen LogP contribution < -0.4 is 30.7 Å². The van der Waals surface area contributed by atoms with Crippen molar-refractivity contribution in [3.63, 3.8) is 0 Å². The van der Waals surface area contributed by atoms with Crippen LogP contribution in [0, 0.1) is 23.2 Å². The summed E-state index contributed by atoms with van der Waals surface area (Å²) in [7, 11) is 3.98. The Balaban J connectivity index is 1.29. The van der Waals surface area contributed by atoms with Crippen molar-refractivity contribution in [3.8, 4) is 17.6 Å². The molecular formula is C33H46ClN7O3. The fraction of sp³-hybridized carbons (Fsp3) is 0.576. The summed E-state index contributed by atoms with van der Waals surface area (Å²) in [6, 6.07) is 11.9. The van der Waals surface area contributed by atoms with Crippen LogP contribution in [0.4, 0.5) is 17.1 Å². The molecule has 3 aliphatic rings. The summed E-state index contributed by atoms with van der Waals surface area (Å²) in [5.41, 5.74) is 3.13. The summed E-state index contributed by atoms with van der Waals surface area (Å²) in [6.45, 7) is 8.68. The Morgan fingerprint density at radius 1 is 1.23 bits per heavy atom. The van der Waals surface area contributed by atoms with Gasteiger partial charge in [0.1, 0.15) is 18.1 Å². The number of amides is 1. The number of benzene rings is 2. The summed E-state index contributed by atoms with van der Waals surface area (Å²) < 4.78 is 12.1. The molecule has 0 aromatic heterocycles. The van der Waals surface area contributed by atoms with E-state index >= 15 is 0 Å². The molecule has 0 radical (unpaired) electrons. The highest BCUT2D eigenvalue weighted by atomic mass is 35.5. The number of anilines is 3. The minimum Gasteiger partial charge on any atom is -0.492 e. The maximum Gasteiger partial charge on any atom is 0.224 e. The number of piperidine rings is 1. The van der Waals surface area contributed by atoms with Gasteiger partial charge in [0, 0.05) is 42.5 Å². The predicted octanol–water partition coefficient (Wildman–Crippen LogP) is 5.15. The minimum atomic E-state index is -0.354. The molecule has 4 N–H and O–H groups in total. The Labute approximate surface area is 266 Å². The van der Waals surface area contributed by atoms with Crippen LogP contribution in [-0.4, -0.2) is 81.4 Å². The zero-order valence-electron chi connectivity index (χ0n) is 26.3. The lowest BCUT2D eigenvalue weighted by Gasteiger charge is -2.34. The topological polar surface area (TPSA) is 114 Å². The van der Waals surface area contributed by atoms with E-state index in [0.717, 1.165) is 43.0 Å². The standard InChI is InChI=1S/C33H46ClN7O3/c1-5-43-30-16-27-25(15-28(30)39-31(42)9-7-12-40(3)4)32(22(17-35)18-36-27)37-23-10-11-29(26(34)14-23)44-20-24-19-41-13-6-8-21(2)33(41)38-24/h10-11,14-16,21-22,24,32-33,36-38H,5-9,12-13,18-20H2,1-4H3,(H,39,42). The first-order valence-corrected chi connectivity index (χ1v) is 16.2. The summed E-state index contributed by atoms with van der Waals surface area (Å²) in [5.74, 6) is 1.46. The van der Waals surface area contributed by atoms with E-state index < -0.39 is 0 Å². The van der Waals surface area contributed by atoms with Gasteiger partial charge in [-0.15, -0.1) is 0 Å². The Bertz CT molecular complexity index is 1350. The molecule has 3 aliphatic heterocycles. The molecule has 0 bridgehead atoms. The van der Waals surface area contributed by atoms with E-state index in [1.807, 2.05) is 51.4 Å². The third-order valence-electron chi connectivity index (χ3n) is 8.74. The fourth-order valence-corrected chi connectivity index (χ4v) is 6.74. The normalized spacial score (nSPS) is 24.5. The van der Waals surface area contributed by atoms with Crippen molar-refractivity contribution in [3.05, 3.63) is 40.9 Å². The molecule has 3 heterocycles. The molecule has 1 amide bonds. The first kappa shape index (κ1) is 32.2. The quantitative estimate of drug-likeness (QED) is 0.255. The zero-order chi connectivity index (χ0) is 31.2. The van der Waals surface area contributed by atoms with Gasteiger partial charge in [0.25, 0.3) is 0 Å². The second-order valence-electron chi connectivity index (χ2n) is 12.4. The Hall–Kier alpha value is -3.23. The molecule has 5 unspecified atom stereocenters. The lowest BCUT2D eigenvalue weighted by atomic mass is 9.88. The van der Waals surface area contributed by atoms with Crippen molar-refractivity contribution in [1.29, 1.82) is 5.26 Å². The van der Waals surface area contributed by atoms with Crippen LogP contribution in [0.2, 0.25) is 5.02 Å². The van der Waals surface area contributed by atoms with Gasteiger partial charge in [0.15, 0.2) is 0 Å². The first-order chi connectivity index (χ1) is 21.2. The highest BCUT2D eigenvalue weighted by Crippen LogP contribution is 2.42. The average Bonchev–Trinajstić information content (AvgIpc) is 3.42. The van der Waals surface area contributed by atoms with Gasteiger partial charge in [0.05, 0.1) is 47.6 Å². The van der Waals surface area contributed by atoms with E-state index in [-0.39, 0.29) is 23.9 Å². The van der Waals surface area contributed by atoms with Crippen LogP contribution in [0.25, 0.3) is 0 Å². The molecular weight excluding hydrogens is 578 g/mol. The summed E-state index contributed by atoms with van der Waals surface area (Å²) >= 11 is 6.71. The second-order valence-corrected chi connectivity index (χ2v) is 12.8. The van der Waals surface area contributed by atoms with Gasteiger partial charge < -0.3 is 30.3 Å². The van der Waals surface area contributed by atoms with Crippen molar-refractivity contribution in [2.24, 2.45) is 11.8 Å². The lowest BCUT2D eigenvalue weighted by molar-refractivity contribution is -0.116. The number of rotatable bonds is 12. The highest BCUT2D eigenvalue weighted by molar-refractivity contribution is 6.32. The molecule has 0 saturated carbocycles. The van der Waals surface area contributed by atoms with Gasteiger partial charge in [-0.2, -0.15) is 5.26 Å². The lowest BCUT2D eigenvalue weighted by Crippen LogP contribution is -2.45. The molecule has 2 aromatic rings. The Morgan fingerprint density at radius 3 is 2.80 bits per heavy atom. The molecule has 11 heteroatoms. The van der Waals surface area contributed by atoms with Gasteiger partial charge in [-0.05, 0) is 83.6 Å². The molecule has 0 spiro atoms. The minimum absolute atomic E-state index is 0.0708. The monoisotopic (exact) mass is 623 g/mol. The largest absolute Gasteiger partial charge is 0.492 e. The average molecular weight is 624 g/mol. The van der Waals surface area contributed by atoms with E-state index in [1.165, 1.54) is 12.8 Å². The first-order valence-electron chi connectivity index (χ1n) is 15.8. The third-order valence-corrected chi connectivity index (χ3v) is 9.04. The molecule has 5 rings (SSSR count). The van der Waals surface area contributed by atoms with Crippen molar-refractivity contribution in [2.75, 3.05) is 69.4 Å². The number of hydrogen-bond acceptors (Lipinski definition) is 9. The fourth-order valence-electron chi connectivity index (χ4n) is 6.50. The van der Waals surface area contributed by atoms with Crippen molar-refractivity contribution in [1.82, 2.24) is 15.1 Å². The molecule has 0 aliphatic carbocycles. The van der Waals surface area contributed by atoms with E-state index in [9.17, 15) is 10.1 Å². The Morgan fingerprint density at radius 2 is 2.07 bits per heavy atom. The summed E-state index contributed by atoms with van der Waals surface area (Å²) in [5, 5.41) is 24.2. The number of nitrogens with zero attached hydrogens (tertiary/aromatic N) is 3. The summed E-state index contributed by atoms with van der Waals surface area (Å²) in [6.07, 6.45) is 4.11. The van der Waals surface area contributed by atoms with Crippen molar-refractivity contribution in [2.45, 2.75) is 57.8 Å². The number of fused-ring (bicyclic) bond motifs is 2. The van der Waals surface area contributed by atoms with Crippen LogP contribution in [0.15, 0.2) is 30.3 Å². The van der Waals surface area contributed by atoms with Crippen LogP contribution >= 0.6 is 11.6 Å². The van der Waals surface area contributed by atoms with Crippen LogP contribution in [0.1, 0.15) is 51.1 Å². The zero-order valence-corrected chi connectivity index (χ0v) is 27.0. The molecule has 5 atom stereocenters. The van der Waals surface area contributed by atoms with Gasteiger partial charge >= 0.3 is 0 Å². The third kappa shape index (κ3) is 7.70. The van der Waals surface area contributed by atoms with Crippen LogP contribution in [0.3, 0.4) is 0 Å². The number of carbonyl (C=O) groups excluding carboxylic acids is 1. The summed E-state index contributed by atoms with van der Waals surface area (Å²) in [4.78, 5) is 17.4. The van der Waals surface area contributed by atoms with E-state index in [4.69, 9.17) is 21.1 Å². The number of nitrogens with one attached hydrogen (secondary N) is 4. The number of hydrogen-bond donors (Lipinski definition) is 4. The number of ether oxygens (including phenoxy) is 2. The number of carbonyl (C=O) groups is 1. The number of nitriles is 1. The Kier molecular flexibility index (Phi) is 10.7. The smallest absolute Gasteiger partial charge is 0.224 e. The number of halogens is 1. The SMILES string of the molecule is CCOc1cc2c(cc1NC(=O)CCCN(C)C)C(Nc1ccc(OCC3CN4CCCC(C)C4N3)c(Cl)c1)C(C#N)CN2. The van der Waals surface area contributed by atoms with Gasteiger partial charge in [-0.1, -0.05) is 18.5 Å². The molecule has 2 fully saturated rings. The van der Waals surface area contributed by atoms with Gasteiger partial charge in [-0.3, -0.25) is 15.0 Å². The maximum atomic E-state index is 12.8. The van der Waals surface area contributed by atoms with E-state index in [0.29, 0.717) is 60.5 Å². The molecule has 10 nitrogen and oxygen atoms in total.